The number of hydrogen-bond acceptors (Lipinski definition) is 3. The molecule has 0 aliphatic heterocycles. The molecule has 0 aromatic heterocycles. The molecule has 0 saturated carbocycles. The van der Waals surface area contributed by atoms with E-state index in [1.807, 2.05) is 18.2 Å². The second-order valence-electron chi connectivity index (χ2n) is 4.04. The van der Waals surface area contributed by atoms with E-state index in [0.717, 1.165) is 22.2 Å². The Kier molecular flexibility index (Phi) is 7.32. The molecule has 20 heavy (non-hydrogen) atoms. The van der Waals surface area contributed by atoms with Crippen LogP contribution < -0.4 is 20.9 Å². The van der Waals surface area contributed by atoms with Gasteiger partial charge in [-0.2, -0.15) is 0 Å². The standard InChI is InChI=1S/C13H18BrN3O2S/c1-3-6-19-11-5-4-9(7-10(11)14)8-12(18)16-17-13(20)15-2/h4-5,7H,3,6,8H2,1-2H3,(H,16,18)(H2,15,17,20). The molecule has 1 aromatic rings. The maximum atomic E-state index is 11.7. The predicted molar refractivity (Wildman–Crippen MR) is 86.6 cm³/mol. The highest BCUT2D eigenvalue weighted by Gasteiger charge is 2.07. The fourth-order valence-electron chi connectivity index (χ4n) is 1.40. The van der Waals surface area contributed by atoms with Crippen molar-refractivity contribution in [1.82, 2.24) is 16.2 Å². The van der Waals surface area contributed by atoms with Gasteiger partial charge in [0, 0.05) is 7.05 Å². The number of benzene rings is 1. The molecule has 0 atom stereocenters. The van der Waals surface area contributed by atoms with Crippen molar-refractivity contribution in [2.45, 2.75) is 19.8 Å². The Labute approximate surface area is 132 Å². The first kappa shape index (κ1) is 16.7. The average molecular weight is 360 g/mol. The third-order valence-corrected chi connectivity index (χ3v) is 3.29. The summed E-state index contributed by atoms with van der Waals surface area (Å²) < 4.78 is 6.40. The number of nitrogens with one attached hydrogen (secondary N) is 3. The van der Waals surface area contributed by atoms with Crippen molar-refractivity contribution in [3.8, 4) is 5.75 Å². The van der Waals surface area contributed by atoms with Crippen LogP contribution >= 0.6 is 28.1 Å². The summed E-state index contributed by atoms with van der Waals surface area (Å²) in [5.74, 6) is 0.613. The van der Waals surface area contributed by atoms with Gasteiger partial charge < -0.3 is 10.1 Å². The van der Waals surface area contributed by atoms with Gasteiger partial charge in [-0.3, -0.25) is 15.6 Å². The summed E-state index contributed by atoms with van der Waals surface area (Å²) in [4.78, 5) is 11.7. The lowest BCUT2D eigenvalue weighted by Crippen LogP contribution is -2.46. The van der Waals surface area contributed by atoms with Gasteiger partial charge in [0.05, 0.1) is 17.5 Å². The third kappa shape index (κ3) is 5.75. The number of carbonyl (C=O) groups excluding carboxylic acids is 1. The van der Waals surface area contributed by atoms with Crippen molar-refractivity contribution >= 4 is 39.2 Å². The molecular formula is C13H18BrN3O2S. The van der Waals surface area contributed by atoms with Gasteiger partial charge in [0.2, 0.25) is 5.91 Å². The van der Waals surface area contributed by atoms with E-state index in [1.165, 1.54) is 0 Å². The molecule has 1 rings (SSSR count). The Morgan fingerprint density at radius 1 is 1.40 bits per heavy atom. The summed E-state index contributed by atoms with van der Waals surface area (Å²) in [5, 5.41) is 3.07. The van der Waals surface area contributed by atoms with E-state index in [0.29, 0.717) is 11.7 Å². The largest absolute Gasteiger partial charge is 0.492 e. The quantitative estimate of drug-likeness (QED) is 0.553. The Bertz CT molecular complexity index is 483. The van der Waals surface area contributed by atoms with Crippen molar-refractivity contribution in [2.75, 3.05) is 13.7 Å². The third-order valence-electron chi connectivity index (χ3n) is 2.37. The molecule has 0 unspecified atom stereocenters. The summed E-state index contributed by atoms with van der Waals surface area (Å²) in [7, 11) is 1.67. The molecule has 3 N–H and O–H groups in total. The van der Waals surface area contributed by atoms with Gasteiger partial charge in [-0.05, 0) is 52.3 Å². The highest BCUT2D eigenvalue weighted by atomic mass is 79.9. The molecule has 0 saturated heterocycles. The zero-order chi connectivity index (χ0) is 15.0. The summed E-state index contributed by atoms with van der Waals surface area (Å²) >= 11 is 8.29. The van der Waals surface area contributed by atoms with Crippen molar-refractivity contribution in [2.24, 2.45) is 0 Å². The zero-order valence-corrected chi connectivity index (χ0v) is 13.9. The first-order chi connectivity index (χ1) is 9.56. The van der Waals surface area contributed by atoms with Crippen LogP contribution in [-0.2, 0) is 11.2 Å². The Morgan fingerprint density at radius 2 is 2.15 bits per heavy atom. The molecule has 0 heterocycles. The van der Waals surface area contributed by atoms with Gasteiger partial charge in [-0.25, -0.2) is 0 Å². The predicted octanol–water partition coefficient (Wildman–Crippen LogP) is 1.91. The number of rotatable bonds is 5. The SMILES string of the molecule is CCCOc1ccc(CC(=O)NNC(=S)NC)cc1Br. The van der Waals surface area contributed by atoms with E-state index in [-0.39, 0.29) is 12.3 Å². The first-order valence-corrected chi connectivity index (χ1v) is 7.44. The number of carbonyl (C=O) groups is 1. The van der Waals surface area contributed by atoms with Crippen LogP contribution in [0.15, 0.2) is 22.7 Å². The van der Waals surface area contributed by atoms with Gasteiger partial charge in [-0.15, -0.1) is 0 Å². The van der Waals surface area contributed by atoms with Crippen LogP contribution in [0.1, 0.15) is 18.9 Å². The summed E-state index contributed by atoms with van der Waals surface area (Å²) in [5.41, 5.74) is 5.99. The molecule has 0 aliphatic carbocycles. The second-order valence-corrected chi connectivity index (χ2v) is 5.30. The van der Waals surface area contributed by atoms with Crippen molar-refractivity contribution in [3.05, 3.63) is 28.2 Å². The molecule has 0 fully saturated rings. The molecule has 0 aliphatic rings. The lowest BCUT2D eigenvalue weighted by molar-refractivity contribution is -0.121. The molecule has 5 nitrogen and oxygen atoms in total. The van der Waals surface area contributed by atoms with Gasteiger partial charge >= 0.3 is 0 Å². The Balaban J connectivity index is 2.53. The van der Waals surface area contributed by atoms with Gasteiger partial charge in [0.1, 0.15) is 5.75 Å². The van der Waals surface area contributed by atoms with E-state index in [1.54, 1.807) is 7.05 Å². The number of halogens is 1. The number of ether oxygens (including phenoxy) is 1. The van der Waals surface area contributed by atoms with Crippen LogP contribution in [0, 0.1) is 0 Å². The number of hydrazine groups is 1. The number of hydrogen-bond donors (Lipinski definition) is 3. The Morgan fingerprint density at radius 3 is 2.75 bits per heavy atom. The fraction of sp³-hybridized carbons (Fsp3) is 0.385. The number of thiocarbonyl (C=S) groups is 1. The monoisotopic (exact) mass is 359 g/mol. The van der Waals surface area contributed by atoms with Crippen LogP contribution in [0.3, 0.4) is 0 Å². The fourth-order valence-corrected chi connectivity index (χ4v) is 1.99. The molecule has 7 heteroatoms. The lowest BCUT2D eigenvalue weighted by atomic mass is 10.1. The van der Waals surface area contributed by atoms with E-state index in [2.05, 4.69) is 39.0 Å². The summed E-state index contributed by atoms with van der Waals surface area (Å²) in [6.07, 6.45) is 1.21. The maximum absolute atomic E-state index is 11.7. The van der Waals surface area contributed by atoms with E-state index in [4.69, 9.17) is 17.0 Å². The van der Waals surface area contributed by atoms with Crippen molar-refractivity contribution in [1.29, 1.82) is 0 Å². The summed E-state index contributed by atoms with van der Waals surface area (Å²) in [6, 6.07) is 5.60. The van der Waals surface area contributed by atoms with E-state index in [9.17, 15) is 4.79 Å². The van der Waals surface area contributed by atoms with E-state index >= 15 is 0 Å². The lowest BCUT2D eigenvalue weighted by Gasteiger charge is -2.10. The van der Waals surface area contributed by atoms with Gasteiger partial charge in [-0.1, -0.05) is 13.0 Å². The average Bonchev–Trinajstić information content (AvgIpc) is 2.44. The van der Waals surface area contributed by atoms with Gasteiger partial charge in [0.15, 0.2) is 5.11 Å². The highest BCUT2D eigenvalue weighted by molar-refractivity contribution is 9.10. The minimum absolute atomic E-state index is 0.170. The minimum atomic E-state index is -0.170. The first-order valence-electron chi connectivity index (χ1n) is 6.24. The van der Waals surface area contributed by atoms with Crippen LogP contribution in [0.5, 0.6) is 5.75 Å². The molecule has 0 spiro atoms. The van der Waals surface area contributed by atoms with Crippen molar-refractivity contribution in [3.63, 3.8) is 0 Å². The zero-order valence-electron chi connectivity index (χ0n) is 11.5. The molecule has 1 amide bonds. The molecule has 0 bridgehead atoms. The number of amides is 1. The van der Waals surface area contributed by atoms with Crippen LogP contribution in [0.25, 0.3) is 0 Å². The highest BCUT2D eigenvalue weighted by Crippen LogP contribution is 2.26. The Hall–Kier alpha value is -1.34. The topological polar surface area (TPSA) is 62.4 Å². The van der Waals surface area contributed by atoms with Gasteiger partial charge in [0.25, 0.3) is 0 Å². The van der Waals surface area contributed by atoms with Crippen LogP contribution in [0.4, 0.5) is 0 Å². The molecule has 1 aromatic carbocycles. The summed E-state index contributed by atoms with van der Waals surface area (Å²) in [6.45, 7) is 2.72. The van der Waals surface area contributed by atoms with E-state index < -0.39 is 0 Å². The maximum Gasteiger partial charge on any atom is 0.242 e. The molecule has 0 radical (unpaired) electrons. The molecular weight excluding hydrogens is 342 g/mol. The van der Waals surface area contributed by atoms with Crippen LogP contribution in [0.2, 0.25) is 0 Å². The second kappa shape index (κ2) is 8.76. The minimum Gasteiger partial charge on any atom is -0.492 e. The normalized spacial score (nSPS) is 9.75. The molecule has 110 valence electrons. The van der Waals surface area contributed by atoms with Crippen molar-refractivity contribution < 1.29 is 9.53 Å². The van der Waals surface area contributed by atoms with Crippen LogP contribution in [-0.4, -0.2) is 24.7 Å². The smallest absolute Gasteiger partial charge is 0.242 e.